The quantitative estimate of drug-likeness (QED) is 0.806. The third-order valence-electron chi connectivity index (χ3n) is 2.03. The Morgan fingerprint density at radius 1 is 1.33 bits per heavy atom. The highest BCUT2D eigenvalue weighted by atomic mass is 16.5. The SMILES string of the molecule is CCOC(C)(C)CNc1ccc(C)nn1. The molecule has 0 saturated heterocycles. The van der Waals surface area contributed by atoms with Crippen molar-refractivity contribution in [3.63, 3.8) is 0 Å². The van der Waals surface area contributed by atoms with Gasteiger partial charge in [0, 0.05) is 13.2 Å². The van der Waals surface area contributed by atoms with E-state index in [0.29, 0.717) is 6.61 Å². The Morgan fingerprint density at radius 2 is 2.07 bits per heavy atom. The van der Waals surface area contributed by atoms with Gasteiger partial charge in [0.2, 0.25) is 0 Å². The summed E-state index contributed by atoms with van der Waals surface area (Å²) in [7, 11) is 0. The smallest absolute Gasteiger partial charge is 0.148 e. The van der Waals surface area contributed by atoms with Gasteiger partial charge >= 0.3 is 0 Å². The van der Waals surface area contributed by atoms with Crippen LogP contribution in [0.2, 0.25) is 0 Å². The average molecular weight is 209 g/mol. The molecule has 0 aliphatic carbocycles. The van der Waals surface area contributed by atoms with Gasteiger partial charge in [-0.05, 0) is 39.8 Å². The minimum Gasteiger partial charge on any atom is -0.374 e. The van der Waals surface area contributed by atoms with E-state index in [2.05, 4.69) is 15.5 Å². The van der Waals surface area contributed by atoms with Crippen molar-refractivity contribution in [3.8, 4) is 0 Å². The maximum absolute atomic E-state index is 5.56. The molecule has 4 nitrogen and oxygen atoms in total. The average Bonchev–Trinajstić information content (AvgIpc) is 2.17. The molecule has 1 rings (SSSR count). The molecule has 1 heterocycles. The number of hydrogen-bond acceptors (Lipinski definition) is 4. The van der Waals surface area contributed by atoms with Crippen LogP contribution in [0.15, 0.2) is 12.1 Å². The Kier molecular flexibility index (Phi) is 4.03. The first-order valence-electron chi connectivity index (χ1n) is 5.21. The number of aryl methyl sites for hydroxylation is 1. The van der Waals surface area contributed by atoms with Gasteiger partial charge in [-0.15, -0.1) is 5.10 Å². The fraction of sp³-hybridized carbons (Fsp3) is 0.636. The molecule has 84 valence electrons. The summed E-state index contributed by atoms with van der Waals surface area (Å²) in [5, 5.41) is 11.2. The minimum absolute atomic E-state index is 0.179. The van der Waals surface area contributed by atoms with Crippen LogP contribution in [0.1, 0.15) is 26.5 Å². The predicted octanol–water partition coefficient (Wildman–Crippen LogP) is 2.01. The van der Waals surface area contributed by atoms with Crippen molar-refractivity contribution < 1.29 is 4.74 Å². The van der Waals surface area contributed by atoms with Crippen LogP contribution >= 0.6 is 0 Å². The number of hydrogen-bond donors (Lipinski definition) is 1. The van der Waals surface area contributed by atoms with E-state index >= 15 is 0 Å². The minimum atomic E-state index is -0.179. The van der Waals surface area contributed by atoms with Crippen LogP contribution in [0.25, 0.3) is 0 Å². The molecule has 0 aromatic carbocycles. The molecule has 0 atom stereocenters. The molecule has 0 saturated carbocycles. The van der Waals surface area contributed by atoms with E-state index in [1.54, 1.807) is 0 Å². The monoisotopic (exact) mass is 209 g/mol. The van der Waals surface area contributed by atoms with E-state index < -0.39 is 0 Å². The summed E-state index contributed by atoms with van der Waals surface area (Å²) in [6.45, 7) is 9.44. The maximum Gasteiger partial charge on any atom is 0.148 e. The van der Waals surface area contributed by atoms with Crippen LogP contribution in [0, 0.1) is 6.92 Å². The Hall–Kier alpha value is -1.16. The van der Waals surface area contributed by atoms with Crippen LogP contribution < -0.4 is 5.32 Å². The van der Waals surface area contributed by atoms with Crippen molar-refractivity contribution in [1.82, 2.24) is 10.2 Å². The lowest BCUT2D eigenvalue weighted by Crippen LogP contribution is -2.33. The van der Waals surface area contributed by atoms with E-state index in [0.717, 1.165) is 18.1 Å². The zero-order chi connectivity index (χ0) is 11.3. The molecule has 0 aliphatic heterocycles. The van der Waals surface area contributed by atoms with Gasteiger partial charge in [0.05, 0.1) is 11.3 Å². The standard InChI is InChI=1S/C11H19N3O/c1-5-15-11(3,4)8-12-10-7-6-9(2)13-14-10/h6-7H,5,8H2,1-4H3,(H,12,14). The summed E-state index contributed by atoms with van der Waals surface area (Å²) < 4.78 is 5.56. The molecule has 0 unspecified atom stereocenters. The van der Waals surface area contributed by atoms with Gasteiger partial charge in [0.25, 0.3) is 0 Å². The fourth-order valence-corrected chi connectivity index (χ4v) is 1.24. The summed E-state index contributed by atoms with van der Waals surface area (Å²) in [4.78, 5) is 0. The maximum atomic E-state index is 5.56. The van der Waals surface area contributed by atoms with Gasteiger partial charge in [0.1, 0.15) is 5.82 Å². The first-order valence-corrected chi connectivity index (χ1v) is 5.21. The number of ether oxygens (including phenoxy) is 1. The molecule has 0 aliphatic rings. The molecular weight excluding hydrogens is 190 g/mol. The first kappa shape index (κ1) is 11.9. The molecule has 0 radical (unpaired) electrons. The Morgan fingerprint density at radius 3 is 2.60 bits per heavy atom. The van der Waals surface area contributed by atoms with Crippen molar-refractivity contribution >= 4 is 5.82 Å². The lowest BCUT2D eigenvalue weighted by molar-refractivity contribution is 0.000633. The highest BCUT2D eigenvalue weighted by Gasteiger charge is 2.17. The van der Waals surface area contributed by atoms with Crippen LogP contribution in [-0.4, -0.2) is 29.0 Å². The Labute approximate surface area is 91.1 Å². The molecule has 4 heteroatoms. The van der Waals surface area contributed by atoms with Gasteiger partial charge < -0.3 is 10.1 Å². The van der Waals surface area contributed by atoms with Crippen molar-refractivity contribution in [3.05, 3.63) is 17.8 Å². The second kappa shape index (κ2) is 5.07. The van der Waals surface area contributed by atoms with Crippen LogP contribution in [0.4, 0.5) is 5.82 Å². The summed E-state index contributed by atoms with van der Waals surface area (Å²) in [6.07, 6.45) is 0. The normalized spacial score (nSPS) is 11.5. The molecule has 0 fully saturated rings. The first-order chi connectivity index (χ1) is 7.03. The summed E-state index contributed by atoms with van der Waals surface area (Å²) in [5.74, 6) is 0.786. The van der Waals surface area contributed by atoms with E-state index in [1.807, 2.05) is 39.8 Å². The summed E-state index contributed by atoms with van der Waals surface area (Å²) >= 11 is 0. The van der Waals surface area contributed by atoms with Crippen LogP contribution in [-0.2, 0) is 4.74 Å². The highest BCUT2D eigenvalue weighted by molar-refractivity contribution is 5.33. The zero-order valence-corrected chi connectivity index (χ0v) is 9.87. The Balaban J connectivity index is 2.46. The van der Waals surface area contributed by atoms with Crippen molar-refractivity contribution in [2.24, 2.45) is 0 Å². The lowest BCUT2D eigenvalue weighted by atomic mass is 10.1. The summed E-state index contributed by atoms with van der Waals surface area (Å²) in [6, 6.07) is 3.85. The van der Waals surface area contributed by atoms with E-state index in [9.17, 15) is 0 Å². The van der Waals surface area contributed by atoms with Crippen LogP contribution in [0.3, 0.4) is 0 Å². The van der Waals surface area contributed by atoms with Gasteiger partial charge in [-0.2, -0.15) is 5.10 Å². The molecular formula is C11H19N3O. The second-order valence-corrected chi connectivity index (χ2v) is 4.11. The summed E-state index contributed by atoms with van der Waals surface area (Å²) in [5.41, 5.74) is 0.742. The number of anilines is 1. The zero-order valence-electron chi connectivity index (χ0n) is 9.87. The molecule has 1 aromatic rings. The number of nitrogens with zero attached hydrogens (tertiary/aromatic N) is 2. The lowest BCUT2D eigenvalue weighted by Gasteiger charge is -2.24. The van der Waals surface area contributed by atoms with Crippen molar-refractivity contribution in [2.45, 2.75) is 33.3 Å². The second-order valence-electron chi connectivity index (χ2n) is 4.11. The molecule has 1 N–H and O–H groups in total. The molecule has 0 amide bonds. The van der Waals surface area contributed by atoms with Crippen molar-refractivity contribution in [2.75, 3.05) is 18.5 Å². The third-order valence-corrected chi connectivity index (χ3v) is 2.03. The van der Waals surface area contributed by atoms with Crippen LogP contribution in [0.5, 0.6) is 0 Å². The highest BCUT2D eigenvalue weighted by Crippen LogP contribution is 2.10. The van der Waals surface area contributed by atoms with E-state index in [4.69, 9.17) is 4.74 Å². The third kappa shape index (κ3) is 4.25. The Bertz CT molecular complexity index is 295. The van der Waals surface area contributed by atoms with Gasteiger partial charge in [0.15, 0.2) is 0 Å². The molecule has 0 spiro atoms. The van der Waals surface area contributed by atoms with Crippen molar-refractivity contribution in [1.29, 1.82) is 0 Å². The molecule has 0 bridgehead atoms. The molecule has 1 aromatic heterocycles. The van der Waals surface area contributed by atoms with Gasteiger partial charge in [-0.1, -0.05) is 0 Å². The molecule has 15 heavy (non-hydrogen) atoms. The van der Waals surface area contributed by atoms with Gasteiger partial charge in [-0.3, -0.25) is 0 Å². The van der Waals surface area contributed by atoms with E-state index in [1.165, 1.54) is 0 Å². The predicted molar refractivity (Wildman–Crippen MR) is 61.0 cm³/mol. The fourth-order valence-electron chi connectivity index (χ4n) is 1.24. The van der Waals surface area contributed by atoms with E-state index in [-0.39, 0.29) is 5.60 Å². The number of rotatable bonds is 5. The number of aromatic nitrogens is 2. The van der Waals surface area contributed by atoms with Gasteiger partial charge in [-0.25, -0.2) is 0 Å². The topological polar surface area (TPSA) is 47.0 Å². The largest absolute Gasteiger partial charge is 0.374 e. The number of nitrogens with one attached hydrogen (secondary N) is 1.